The predicted octanol–water partition coefficient (Wildman–Crippen LogP) is -1.53. The Hall–Kier alpha value is -1.59. The molecule has 0 heterocycles. The summed E-state index contributed by atoms with van der Waals surface area (Å²) in [5.41, 5.74) is 13.1. The highest BCUT2D eigenvalue weighted by Gasteiger charge is 1.95. The van der Waals surface area contributed by atoms with Crippen LogP contribution in [-0.4, -0.2) is 17.7 Å². The Morgan fingerprint density at radius 1 is 1.09 bits per heavy atom. The molecular formula is C5H11N3O3. The summed E-state index contributed by atoms with van der Waals surface area (Å²) in [7, 11) is 0. The second kappa shape index (κ2) is 6.53. The standard InChI is InChI=1S/C4H7NO2.CH4N2O/c1-3(6)2-4(5)7;2-1(3)4/h2H2,1H3,(H2,5,7);(H4,2,3,4). The van der Waals surface area contributed by atoms with Crippen molar-refractivity contribution < 1.29 is 14.4 Å². The van der Waals surface area contributed by atoms with Gasteiger partial charge in [-0.1, -0.05) is 0 Å². The summed E-state index contributed by atoms with van der Waals surface area (Å²) in [4.78, 5) is 28.8. The van der Waals surface area contributed by atoms with Crippen molar-refractivity contribution in [3.63, 3.8) is 0 Å². The summed E-state index contributed by atoms with van der Waals surface area (Å²) < 4.78 is 0. The van der Waals surface area contributed by atoms with Gasteiger partial charge >= 0.3 is 6.03 Å². The highest BCUT2D eigenvalue weighted by Crippen LogP contribution is 1.75. The van der Waals surface area contributed by atoms with Crippen LogP contribution >= 0.6 is 0 Å². The maximum absolute atomic E-state index is 9.95. The van der Waals surface area contributed by atoms with E-state index in [0.29, 0.717) is 0 Å². The van der Waals surface area contributed by atoms with E-state index in [1.165, 1.54) is 6.92 Å². The van der Waals surface area contributed by atoms with Gasteiger partial charge in [-0.25, -0.2) is 4.79 Å². The number of amides is 3. The fourth-order valence-corrected chi connectivity index (χ4v) is 0.245. The lowest BCUT2D eigenvalue weighted by atomic mass is 10.3. The fourth-order valence-electron chi connectivity index (χ4n) is 0.245. The normalized spacial score (nSPS) is 7.36. The largest absolute Gasteiger partial charge is 0.369 e. The molecule has 0 aliphatic carbocycles. The second-order valence-corrected chi connectivity index (χ2v) is 1.75. The van der Waals surface area contributed by atoms with E-state index in [1.807, 2.05) is 0 Å². The number of rotatable bonds is 2. The Morgan fingerprint density at radius 2 is 1.36 bits per heavy atom. The number of carbonyl (C=O) groups excluding carboxylic acids is 3. The summed E-state index contributed by atoms with van der Waals surface area (Å²) in [6.07, 6.45) is -0.139. The molecular weight excluding hydrogens is 150 g/mol. The molecule has 3 amide bonds. The van der Waals surface area contributed by atoms with Gasteiger partial charge in [0.15, 0.2) is 0 Å². The molecule has 0 aromatic heterocycles. The lowest BCUT2D eigenvalue weighted by Gasteiger charge is -1.82. The summed E-state index contributed by atoms with van der Waals surface area (Å²) in [5.74, 6) is -0.750. The van der Waals surface area contributed by atoms with E-state index in [2.05, 4.69) is 17.2 Å². The molecule has 0 unspecified atom stereocenters. The maximum atomic E-state index is 9.95. The molecule has 0 fully saturated rings. The van der Waals surface area contributed by atoms with Crippen LogP contribution in [0.3, 0.4) is 0 Å². The van der Waals surface area contributed by atoms with Crippen molar-refractivity contribution in [2.24, 2.45) is 17.2 Å². The molecule has 0 atom stereocenters. The first-order valence-corrected chi connectivity index (χ1v) is 2.69. The van der Waals surface area contributed by atoms with Crippen LogP contribution in [0.15, 0.2) is 0 Å². The second-order valence-electron chi connectivity index (χ2n) is 1.75. The average Bonchev–Trinajstić information content (AvgIpc) is 1.56. The zero-order valence-corrected chi connectivity index (χ0v) is 6.16. The Kier molecular flexibility index (Phi) is 7.19. The minimum atomic E-state index is -0.833. The maximum Gasteiger partial charge on any atom is 0.309 e. The highest BCUT2D eigenvalue weighted by molar-refractivity contribution is 5.95. The van der Waals surface area contributed by atoms with Crippen LogP contribution in [0, 0.1) is 0 Å². The molecule has 0 rings (SSSR count). The van der Waals surface area contributed by atoms with Gasteiger partial charge in [-0.05, 0) is 6.92 Å². The third kappa shape index (κ3) is 59.5. The quantitative estimate of drug-likeness (QED) is 0.425. The molecule has 0 aliphatic heterocycles. The first-order chi connectivity index (χ1) is 4.86. The molecule has 0 bridgehead atoms. The van der Waals surface area contributed by atoms with Crippen LogP contribution in [0.5, 0.6) is 0 Å². The van der Waals surface area contributed by atoms with Crippen molar-refractivity contribution in [1.82, 2.24) is 0 Å². The fraction of sp³-hybridized carbons (Fsp3) is 0.400. The smallest absolute Gasteiger partial charge is 0.309 e. The van der Waals surface area contributed by atoms with Crippen LogP contribution in [-0.2, 0) is 9.59 Å². The summed E-state index contributed by atoms with van der Waals surface area (Å²) in [6, 6.07) is -0.833. The summed E-state index contributed by atoms with van der Waals surface area (Å²) in [5, 5.41) is 0. The van der Waals surface area contributed by atoms with Gasteiger partial charge in [0.05, 0.1) is 6.42 Å². The van der Waals surface area contributed by atoms with Crippen LogP contribution in [0.25, 0.3) is 0 Å². The molecule has 6 N–H and O–H groups in total. The first-order valence-electron chi connectivity index (χ1n) is 2.69. The van der Waals surface area contributed by atoms with E-state index in [9.17, 15) is 9.59 Å². The van der Waals surface area contributed by atoms with Crippen LogP contribution in [0.2, 0.25) is 0 Å². The minimum absolute atomic E-state index is 0.139. The summed E-state index contributed by atoms with van der Waals surface area (Å²) >= 11 is 0. The van der Waals surface area contributed by atoms with E-state index in [-0.39, 0.29) is 12.2 Å². The van der Waals surface area contributed by atoms with Crippen LogP contribution in [0.4, 0.5) is 4.79 Å². The van der Waals surface area contributed by atoms with E-state index >= 15 is 0 Å². The van der Waals surface area contributed by atoms with Gasteiger partial charge in [0.25, 0.3) is 0 Å². The van der Waals surface area contributed by atoms with Crippen molar-refractivity contribution in [2.75, 3.05) is 0 Å². The average molecular weight is 161 g/mol. The molecule has 0 aromatic rings. The number of Topliss-reactive ketones (excluding diaryl/α,β-unsaturated/α-hetero) is 1. The van der Waals surface area contributed by atoms with Gasteiger partial charge < -0.3 is 17.2 Å². The zero-order chi connectivity index (χ0) is 9.44. The number of ketones is 1. The molecule has 0 saturated carbocycles. The molecule has 0 radical (unpaired) electrons. The topological polar surface area (TPSA) is 129 Å². The predicted molar refractivity (Wildman–Crippen MR) is 38.3 cm³/mol. The monoisotopic (exact) mass is 161 g/mol. The number of hydrogen-bond acceptors (Lipinski definition) is 3. The molecule has 6 heteroatoms. The molecule has 0 saturated heterocycles. The molecule has 6 nitrogen and oxygen atoms in total. The van der Waals surface area contributed by atoms with Crippen molar-refractivity contribution in [2.45, 2.75) is 13.3 Å². The molecule has 0 aromatic carbocycles. The van der Waals surface area contributed by atoms with Crippen molar-refractivity contribution >= 4 is 17.7 Å². The third-order valence-electron chi connectivity index (χ3n) is 0.423. The number of nitrogens with two attached hydrogens (primary N) is 3. The van der Waals surface area contributed by atoms with Gasteiger partial charge in [-0.2, -0.15) is 0 Å². The third-order valence-corrected chi connectivity index (χ3v) is 0.423. The Morgan fingerprint density at radius 3 is 1.36 bits per heavy atom. The van der Waals surface area contributed by atoms with Crippen LogP contribution < -0.4 is 17.2 Å². The number of carbonyl (C=O) groups is 3. The Balaban J connectivity index is 0. The van der Waals surface area contributed by atoms with Gasteiger partial charge in [-0.3, -0.25) is 9.59 Å². The van der Waals surface area contributed by atoms with Crippen molar-refractivity contribution in [3.05, 3.63) is 0 Å². The van der Waals surface area contributed by atoms with Gasteiger partial charge in [0.1, 0.15) is 5.78 Å². The Bertz CT molecular complexity index is 150. The molecule has 0 aliphatic rings. The number of primary amides is 3. The van der Waals surface area contributed by atoms with E-state index in [4.69, 9.17) is 4.79 Å². The zero-order valence-electron chi connectivity index (χ0n) is 6.16. The van der Waals surface area contributed by atoms with Gasteiger partial charge in [0, 0.05) is 0 Å². The van der Waals surface area contributed by atoms with Gasteiger partial charge in [-0.15, -0.1) is 0 Å². The summed E-state index contributed by atoms with van der Waals surface area (Å²) in [6.45, 7) is 1.32. The lowest BCUT2D eigenvalue weighted by molar-refractivity contribution is -0.125. The lowest BCUT2D eigenvalue weighted by Crippen LogP contribution is -2.18. The Labute approximate surface area is 63.7 Å². The molecule has 0 spiro atoms. The molecule has 11 heavy (non-hydrogen) atoms. The van der Waals surface area contributed by atoms with E-state index in [1.54, 1.807) is 0 Å². The highest BCUT2D eigenvalue weighted by atomic mass is 16.2. The molecule has 64 valence electrons. The van der Waals surface area contributed by atoms with E-state index < -0.39 is 11.9 Å². The van der Waals surface area contributed by atoms with Crippen LogP contribution in [0.1, 0.15) is 13.3 Å². The van der Waals surface area contributed by atoms with Crippen molar-refractivity contribution in [1.29, 1.82) is 0 Å². The minimum Gasteiger partial charge on any atom is -0.369 e. The van der Waals surface area contributed by atoms with Crippen molar-refractivity contribution in [3.8, 4) is 0 Å². The van der Waals surface area contributed by atoms with Gasteiger partial charge in [0.2, 0.25) is 5.91 Å². The number of urea groups is 1. The van der Waals surface area contributed by atoms with E-state index in [0.717, 1.165) is 0 Å². The first kappa shape index (κ1) is 12.1. The number of hydrogen-bond donors (Lipinski definition) is 3. The SMILES string of the molecule is CC(=O)CC(N)=O.NC(N)=O.